The van der Waals surface area contributed by atoms with Gasteiger partial charge in [0.2, 0.25) is 0 Å². The summed E-state index contributed by atoms with van der Waals surface area (Å²) in [6.45, 7) is 2.20. The molecule has 4 rings (SSSR count). The van der Waals surface area contributed by atoms with Crippen molar-refractivity contribution in [2.24, 2.45) is 0 Å². The molecule has 35 heavy (non-hydrogen) atoms. The first-order chi connectivity index (χ1) is 16.8. The number of Topliss-reactive ketones (excluding diaryl/α,β-unsaturated/α-hetero) is 1. The van der Waals surface area contributed by atoms with E-state index in [1.54, 1.807) is 56.7 Å². The van der Waals surface area contributed by atoms with Gasteiger partial charge in [-0.1, -0.05) is 59.6 Å². The molecule has 1 fully saturated rings. The van der Waals surface area contributed by atoms with Crippen LogP contribution in [-0.4, -0.2) is 42.5 Å². The number of hydrogen-bond acceptors (Lipinski definition) is 5. The standard InChI is InChI=1S/C28H26ClNO5/c1-17-4-7-20(8-5-17)26(31)24-25(19-9-11-21(29)12-10-19)30(28(33)27(24)32)15-14-18-6-13-22(34-2)23(16-18)35-3/h4-13,16,25,31H,14-15H2,1-3H3/b26-24-. The van der Waals surface area contributed by atoms with Crippen LogP contribution >= 0.6 is 11.6 Å². The molecule has 1 aliphatic heterocycles. The summed E-state index contributed by atoms with van der Waals surface area (Å²) in [5.74, 6) is -0.372. The quantitative estimate of drug-likeness (QED) is 0.274. The highest BCUT2D eigenvalue weighted by Crippen LogP contribution is 2.40. The molecule has 0 spiro atoms. The van der Waals surface area contributed by atoms with Gasteiger partial charge in [0.15, 0.2) is 11.5 Å². The van der Waals surface area contributed by atoms with Crippen LogP contribution < -0.4 is 9.47 Å². The molecule has 1 aliphatic rings. The van der Waals surface area contributed by atoms with Crippen molar-refractivity contribution >= 4 is 29.1 Å². The number of aryl methyl sites for hydroxylation is 1. The van der Waals surface area contributed by atoms with Crippen molar-refractivity contribution in [1.82, 2.24) is 4.90 Å². The lowest BCUT2D eigenvalue weighted by Gasteiger charge is -2.25. The molecule has 6 nitrogen and oxygen atoms in total. The molecule has 1 heterocycles. The van der Waals surface area contributed by atoms with Gasteiger partial charge in [0.1, 0.15) is 5.76 Å². The zero-order chi connectivity index (χ0) is 25.1. The van der Waals surface area contributed by atoms with Gasteiger partial charge in [-0.25, -0.2) is 0 Å². The molecule has 0 aliphatic carbocycles. The topological polar surface area (TPSA) is 76.1 Å². The van der Waals surface area contributed by atoms with Gasteiger partial charge in [-0.05, 0) is 48.7 Å². The fourth-order valence-corrected chi connectivity index (χ4v) is 4.38. The summed E-state index contributed by atoms with van der Waals surface area (Å²) in [4.78, 5) is 27.8. The number of nitrogens with zero attached hydrogens (tertiary/aromatic N) is 1. The third-order valence-corrected chi connectivity index (χ3v) is 6.39. The molecule has 0 aromatic heterocycles. The van der Waals surface area contributed by atoms with Crippen LogP contribution in [0.4, 0.5) is 0 Å². The number of ketones is 1. The second-order valence-electron chi connectivity index (χ2n) is 8.35. The predicted molar refractivity (Wildman–Crippen MR) is 135 cm³/mol. The van der Waals surface area contributed by atoms with Gasteiger partial charge >= 0.3 is 0 Å². The van der Waals surface area contributed by atoms with Crippen LogP contribution in [0.3, 0.4) is 0 Å². The van der Waals surface area contributed by atoms with Crippen LogP contribution in [0.5, 0.6) is 11.5 Å². The van der Waals surface area contributed by atoms with Crippen LogP contribution in [0.25, 0.3) is 5.76 Å². The highest BCUT2D eigenvalue weighted by Gasteiger charge is 2.45. The summed E-state index contributed by atoms with van der Waals surface area (Å²) in [6.07, 6.45) is 0.474. The number of carbonyl (C=O) groups excluding carboxylic acids is 2. The Morgan fingerprint density at radius 1 is 0.943 bits per heavy atom. The second-order valence-corrected chi connectivity index (χ2v) is 8.79. The number of aliphatic hydroxyl groups excluding tert-OH is 1. The summed E-state index contributed by atoms with van der Waals surface area (Å²) in [5, 5.41) is 11.7. The Balaban J connectivity index is 1.73. The van der Waals surface area contributed by atoms with Gasteiger partial charge in [0, 0.05) is 17.1 Å². The van der Waals surface area contributed by atoms with E-state index in [-0.39, 0.29) is 17.9 Å². The summed E-state index contributed by atoms with van der Waals surface area (Å²) in [5.41, 5.74) is 3.17. The molecule has 1 saturated heterocycles. The van der Waals surface area contributed by atoms with E-state index in [9.17, 15) is 14.7 Å². The summed E-state index contributed by atoms with van der Waals surface area (Å²) < 4.78 is 10.7. The average molecular weight is 492 g/mol. The first-order valence-corrected chi connectivity index (χ1v) is 11.5. The molecule has 0 bridgehead atoms. The molecule has 1 unspecified atom stereocenters. The second kappa shape index (κ2) is 10.2. The zero-order valence-electron chi connectivity index (χ0n) is 19.7. The molecule has 1 N–H and O–H groups in total. The number of amides is 1. The largest absolute Gasteiger partial charge is 0.507 e. The van der Waals surface area contributed by atoms with Gasteiger partial charge in [-0.2, -0.15) is 0 Å². The maximum Gasteiger partial charge on any atom is 0.295 e. The van der Waals surface area contributed by atoms with Crippen molar-refractivity contribution in [1.29, 1.82) is 0 Å². The maximum absolute atomic E-state index is 13.2. The van der Waals surface area contributed by atoms with Crippen molar-refractivity contribution in [3.05, 3.63) is 99.6 Å². The molecule has 1 atom stereocenters. The zero-order valence-corrected chi connectivity index (χ0v) is 20.5. The normalized spacial score (nSPS) is 17.0. The van der Waals surface area contributed by atoms with Crippen LogP contribution in [0.1, 0.15) is 28.3 Å². The maximum atomic E-state index is 13.2. The van der Waals surface area contributed by atoms with E-state index in [0.717, 1.165) is 11.1 Å². The van der Waals surface area contributed by atoms with Crippen LogP contribution in [0.15, 0.2) is 72.3 Å². The summed E-state index contributed by atoms with van der Waals surface area (Å²) in [7, 11) is 3.13. The Hall–Kier alpha value is -3.77. The molecule has 0 saturated carbocycles. The highest BCUT2D eigenvalue weighted by molar-refractivity contribution is 6.46. The molecule has 3 aromatic carbocycles. The Morgan fingerprint density at radius 3 is 2.23 bits per heavy atom. The highest BCUT2D eigenvalue weighted by atomic mass is 35.5. The van der Waals surface area contributed by atoms with Gasteiger partial charge in [0.05, 0.1) is 25.8 Å². The molecule has 3 aromatic rings. The fourth-order valence-electron chi connectivity index (χ4n) is 4.25. The Morgan fingerprint density at radius 2 is 1.60 bits per heavy atom. The van der Waals surface area contributed by atoms with Crippen LogP contribution in [0.2, 0.25) is 5.02 Å². The molecule has 1 amide bonds. The first kappa shape index (κ1) is 24.4. The summed E-state index contributed by atoms with van der Waals surface area (Å²) >= 11 is 6.09. The third kappa shape index (κ3) is 4.88. The van der Waals surface area contributed by atoms with Crippen molar-refractivity contribution < 1.29 is 24.2 Å². The van der Waals surface area contributed by atoms with E-state index >= 15 is 0 Å². The van der Waals surface area contributed by atoms with E-state index in [0.29, 0.717) is 34.1 Å². The predicted octanol–water partition coefficient (Wildman–Crippen LogP) is 5.33. The van der Waals surface area contributed by atoms with Crippen molar-refractivity contribution in [2.45, 2.75) is 19.4 Å². The van der Waals surface area contributed by atoms with Crippen LogP contribution in [0, 0.1) is 6.92 Å². The minimum absolute atomic E-state index is 0.0634. The van der Waals surface area contributed by atoms with Crippen molar-refractivity contribution in [3.8, 4) is 11.5 Å². The van der Waals surface area contributed by atoms with Gasteiger partial charge < -0.3 is 19.5 Å². The first-order valence-electron chi connectivity index (χ1n) is 11.2. The Labute approximate surface area is 209 Å². The lowest BCUT2D eigenvalue weighted by Crippen LogP contribution is -2.31. The van der Waals surface area contributed by atoms with E-state index in [1.165, 1.54) is 4.90 Å². The number of likely N-dealkylation sites (tertiary alicyclic amines) is 1. The Kier molecular flexibility index (Phi) is 7.12. The van der Waals surface area contributed by atoms with E-state index in [4.69, 9.17) is 21.1 Å². The molecular weight excluding hydrogens is 466 g/mol. The van der Waals surface area contributed by atoms with Gasteiger partial charge in [-0.3, -0.25) is 9.59 Å². The lowest BCUT2D eigenvalue weighted by atomic mass is 9.95. The van der Waals surface area contributed by atoms with E-state index in [2.05, 4.69) is 0 Å². The number of methoxy groups -OCH3 is 2. The molecular formula is C28H26ClNO5. The van der Waals surface area contributed by atoms with E-state index in [1.807, 2.05) is 31.2 Å². The Bertz CT molecular complexity index is 1280. The smallest absolute Gasteiger partial charge is 0.295 e. The fraction of sp³-hybridized carbons (Fsp3) is 0.214. The molecule has 0 radical (unpaired) electrons. The van der Waals surface area contributed by atoms with Crippen molar-refractivity contribution in [2.75, 3.05) is 20.8 Å². The SMILES string of the molecule is COc1ccc(CCN2C(=O)C(=O)/C(=C(\O)c3ccc(C)cc3)C2c2ccc(Cl)cc2)cc1OC. The lowest BCUT2D eigenvalue weighted by molar-refractivity contribution is -0.139. The number of benzene rings is 3. The average Bonchev–Trinajstić information content (AvgIpc) is 3.12. The van der Waals surface area contributed by atoms with Crippen LogP contribution in [-0.2, 0) is 16.0 Å². The van der Waals surface area contributed by atoms with Crippen molar-refractivity contribution in [3.63, 3.8) is 0 Å². The minimum atomic E-state index is -0.742. The number of hydrogen-bond donors (Lipinski definition) is 1. The summed E-state index contributed by atoms with van der Waals surface area (Å²) in [6, 6.07) is 18.9. The minimum Gasteiger partial charge on any atom is -0.507 e. The number of carbonyl (C=O) groups is 2. The molecule has 180 valence electrons. The monoisotopic (exact) mass is 491 g/mol. The number of aliphatic hydroxyl groups is 1. The number of ether oxygens (including phenoxy) is 2. The number of halogens is 1. The van der Waals surface area contributed by atoms with Gasteiger partial charge in [-0.15, -0.1) is 0 Å². The van der Waals surface area contributed by atoms with E-state index < -0.39 is 17.7 Å². The number of rotatable bonds is 7. The third-order valence-electron chi connectivity index (χ3n) is 6.14. The van der Waals surface area contributed by atoms with Gasteiger partial charge in [0.25, 0.3) is 11.7 Å². The molecule has 7 heteroatoms.